The Morgan fingerprint density at radius 1 is 1.07 bits per heavy atom. The molecular formula is C30H35ClN8O4. The quantitative estimate of drug-likeness (QED) is 0.168. The molecule has 12 nitrogen and oxygen atoms in total. The lowest BCUT2D eigenvalue weighted by Crippen LogP contribution is -2.44. The summed E-state index contributed by atoms with van der Waals surface area (Å²) in [6, 6.07) is 10.2. The molecule has 2 aromatic carbocycles. The van der Waals surface area contributed by atoms with Crippen LogP contribution in [0.1, 0.15) is 15.9 Å². The molecule has 0 aliphatic carbocycles. The Kier molecular flexibility index (Phi) is 10.3. The highest BCUT2D eigenvalue weighted by atomic mass is 35.5. The Labute approximate surface area is 255 Å². The van der Waals surface area contributed by atoms with Crippen LogP contribution in [0, 0.1) is 0 Å². The van der Waals surface area contributed by atoms with Gasteiger partial charge in [-0.25, -0.2) is 4.98 Å². The maximum Gasteiger partial charge on any atom is 0.294 e. The fourth-order valence-electron chi connectivity index (χ4n) is 4.44. The number of Topliss-reactive ketones (excluding diaryl/α,β-unsaturated/α-hetero) is 1. The van der Waals surface area contributed by atoms with E-state index in [0.717, 1.165) is 31.7 Å². The zero-order valence-corrected chi connectivity index (χ0v) is 25.4. The van der Waals surface area contributed by atoms with Gasteiger partial charge in [0.25, 0.3) is 11.7 Å². The number of ether oxygens (including phenoxy) is 1. The summed E-state index contributed by atoms with van der Waals surface area (Å²) < 4.78 is 5.69. The van der Waals surface area contributed by atoms with Crippen molar-refractivity contribution in [3.63, 3.8) is 0 Å². The topological polar surface area (TPSA) is 132 Å². The number of halogens is 1. The van der Waals surface area contributed by atoms with E-state index >= 15 is 0 Å². The van der Waals surface area contributed by atoms with Gasteiger partial charge in [-0.3, -0.25) is 19.3 Å². The van der Waals surface area contributed by atoms with Crippen LogP contribution >= 0.6 is 11.6 Å². The van der Waals surface area contributed by atoms with E-state index in [1.165, 1.54) is 31.3 Å². The number of anilines is 5. The second-order valence-corrected chi connectivity index (χ2v) is 10.6. The van der Waals surface area contributed by atoms with Crippen molar-refractivity contribution in [1.29, 1.82) is 0 Å². The molecule has 2 heterocycles. The molecule has 1 aliphatic heterocycles. The molecule has 0 radical (unpaired) electrons. The molecular weight excluding hydrogens is 572 g/mol. The highest BCUT2D eigenvalue weighted by Crippen LogP contribution is 2.35. The SMILES string of the molecule is C=CC(=O)Nc1cc(Nc2ncc(Cl)c(Nc3ccccc3C(=O)C(=O)N(C)C)n2)c(OC)cc1CN1CCN(C)CC1. The van der Waals surface area contributed by atoms with Crippen molar-refractivity contribution < 1.29 is 19.1 Å². The number of benzene rings is 2. The Balaban J connectivity index is 1.63. The van der Waals surface area contributed by atoms with Crippen LogP contribution in [0.5, 0.6) is 5.75 Å². The van der Waals surface area contributed by atoms with Crippen molar-refractivity contribution in [3.05, 3.63) is 71.4 Å². The van der Waals surface area contributed by atoms with Crippen LogP contribution in [0.3, 0.4) is 0 Å². The van der Waals surface area contributed by atoms with E-state index < -0.39 is 11.7 Å². The van der Waals surface area contributed by atoms with Gasteiger partial charge in [-0.1, -0.05) is 30.3 Å². The molecule has 4 rings (SSSR count). The van der Waals surface area contributed by atoms with Gasteiger partial charge in [0.15, 0.2) is 5.82 Å². The van der Waals surface area contributed by atoms with E-state index in [4.69, 9.17) is 16.3 Å². The van der Waals surface area contributed by atoms with Gasteiger partial charge in [0.1, 0.15) is 10.8 Å². The number of hydrogen-bond donors (Lipinski definition) is 3. The number of amides is 2. The molecule has 13 heteroatoms. The minimum Gasteiger partial charge on any atom is -0.495 e. The molecule has 226 valence electrons. The van der Waals surface area contributed by atoms with Gasteiger partial charge in [-0.2, -0.15) is 4.98 Å². The third kappa shape index (κ3) is 7.86. The van der Waals surface area contributed by atoms with Gasteiger partial charge in [0, 0.05) is 52.5 Å². The number of para-hydroxylation sites is 1. The van der Waals surface area contributed by atoms with Crippen molar-refractivity contribution in [3.8, 4) is 5.75 Å². The van der Waals surface area contributed by atoms with Crippen LogP contribution in [0.25, 0.3) is 0 Å². The maximum atomic E-state index is 12.8. The van der Waals surface area contributed by atoms with E-state index in [1.54, 1.807) is 37.4 Å². The molecule has 0 unspecified atom stereocenters. The summed E-state index contributed by atoms with van der Waals surface area (Å²) in [6.45, 7) is 7.92. The Morgan fingerprint density at radius 2 is 1.79 bits per heavy atom. The monoisotopic (exact) mass is 606 g/mol. The third-order valence-electron chi connectivity index (χ3n) is 6.87. The molecule has 1 saturated heterocycles. The molecule has 43 heavy (non-hydrogen) atoms. The molecule has 0 atom stereocenters. The molecule has 1 aromatic heterocycles. The van der Waals surface area contributed by atoms with E-state index in [1.807, 2.05) is 6.07 Å². The summed E-state index contributed by atoms with van der Waals surface area (Å²) in [6.07, 6.45) is 2.62. The van der Waals surface area contributed by atoms with E-state index in [2.05, 4.69) is 49.3 Å². The molecule has 3 aromatic rings. The van der Waals surface area contributed by atoms with Crippen molar-refractivity contribution in [2.75, 3.05) is 70.4 Å². The summed E-state index contributed by atoms with van der Waals surface area (Å²) in [5, 5.41) is 9.29. The lowest BCUT2D eigenvalue weighted by atomic mass is 10.1. The average Bonchev–Trinajstić information content (AvgIpc) is 3.00. The number of rotatable bonds is 11. The van der Waals surface area contributed by atoms with Gasteiger partial charge in [0.05, 0.1) is 30.2 Å². The minimum absolute atomic E-state index is 0.172. The van der Waals surface area contributed by atoms with E-state index in [9.17, 15) is 14.4 Å². The Bertz CT molecular complexity index is 1520. The van der Waals surface area contributed by atoms with Gasteiger partial charge in [-0.05, 0) is 43.0 Å². The molecule has 3 N–H and O–H groups in total. The summed E-state index contributed by atoms with van der Waals surface area (Å²) in [5.74, 6) is -0.772. The second kappa shape index (κ2) is 14.1. The fraction of sp³-hybridized carbons (Fsp3) is 0.300. The van der Waals surface area contributed by atoms with Gasteiger partial charge < -0.3 is 30.5 Å². The predicted molar refractivity (Wildman–Crippen MR) is 168 cm³/mol. The molecule has 0 bridgehead atoms. The van der Waals surface area contributed by atoms with Crippen molar-refractivity contribution in [2.24, 2.45) is 0 Å². The third-order valence-corrected chi connectivity index (χ3v) is 7.15. The number of ketones is 1. The first-order valence-corrected chi connectivity index (χ1v) is 13.9. The number of nitrogens with zero attached hydrogens (tertiary/aromatic N) is 5. The van der Waals surface area contributed by atoms with Crippen molar-refractivity contribution in [1.82, 2.24) is 24.7 Å². The predicted octanol–water partition coefficient (Wildman–Crippen LogP) is 3.77. The highest BCUT2D eigenvalue weighted by Gasteiger charge is 2.22. The number of carbonyl (C=O) groups excluding carboxylic acids is 3. The number of aromatic nitrogens is 2. The number of carbonyl (C=O) groups is 3. The van der Waals surface area contributed by atoms with E-state index in [-0.39, 0.29) is 28.3 Å². The average molecular weight is 607 g/mol. The molecule has 2 amide bonds. The van der Waals surface area contributed by atoms with Gasteiger partial charge in [-0.15, -0.1) is 0 Å². The minimum atomic E-state index is -0.674. The van der Waals surface area contributed by atoms with Crippen LogP contribution in [0.15, 0.2) is 55.3 Å². The first-order valence-electron chi connectivity index (χ1n) is 13.6. The first-order chi connectivity index (χ1) is 20.6. The Morgan fingerprint density at radius 3 is 2.47 bits per heavy atom. The van der Waals surface area contributed by atoms with Crippen LogP contribution in [0.4, 0.5) is 28.8 Å². The fourth-order valence-corrected chi connectivity index (χ4v) is 4.58. The van der Waals surface area contributed by atoms with Crippen LogP contribution in [-0.2, 0) is 16.1 Å². The molecule has 0 saturated carbocycles. The number of piperazine rings is 1. The largest absolute Gasteiger partial charge is 0.495 e. The zero-order valence-electron chi connectivity index (χ0n) is 24.6. The standard InChI is InChI=1S/C30H35ClN8O4/c1-6-26(40)33-23-16-24(25(43-5)15-19(23)18-39-13-11-38(4)12-14-39)35-30-32-17-21(31)28(36-30)34-22-10-8-7-9-20(22)27(41)29(42)37(2)3/h6-10,15-17H,1,11-14,18H2,2-5H3,(H,33,40)(H2,32,34,35,36). The lowest BCUT2D eigenvalue weighted by Gasteiger charge is -2.33. The number of likely N-dealkylation sites (N-methyl/N-ethyl adjacent to an activating group) is 2. The Hall–Kier alpha value is -4.52. The van der Waals surface area contributed by atoms with Crippen LogP contribution < -0.4 is 20.7 Å². The summed E-state index contributed by atoms with van der Waals surface area (Å²) in [7, 11) is 6.68. The van der Waals surface area contributed by atoms with Crippen LogP contribution in [-0.4, -0.2) is 96.7 Å². The maximum absolute atomic E-state index is 12.8. The van der Waals surface area contributed by atoms with E-state index in [0.29, 0.717) is 29.4 Å². The molecule has 0 spiro atoms. The smallest absolute Gasteiger partial charge is 0.294 e. The van der Waals surface area contributed by atoms with Crippen molar-refractivity contribution >= 4 is 58.0 Å². The number of hydrogen-bond acceptors (Lipinski definition) is 10. The van der Waals surface area contributed by atoms with Crippen molar-refractivity contribution in [2.45, 2.75) is 6.54 Å². The highest BCUT2D eigenvalue weighted by molar-refractivity contribution is 6.43. The number of nitrogens with one attached hydrogen (secondary N) is 3. The zero-order chi connectivity index (χ0) is 31.1. The van der Waals surface area contributed by atoms with Crippen LogP contribution in [0.2, 0.25) is 5.02 Å². The summed E-state index contributed by atoms with van der Waals surface area (Å²) >= 11 is 6.41. The van der Waals surface area contributed by atoms with Gasteiger partial charge >= 0.3 is 0 Å². The molecule has 1 fully saturated rings. The number of methoxy groups -OCH3 is 1. The summed E-state index contributed by atoms with van der Waals surface area (Å²) in [4.78, 5) is 52.0. The normalized spacial score (nSPS) is 13.6. The lowest BCUT2D eigenvalue weighted by molar-refractivity contribution is -0.124. The first kappa shape index (κ1) is 31.4. The van der Waals surface area contributed by atoms with Gasteiger partial charge in [0.2, 0.25) is 11.9 Å². The summed E-state index contributed by atoms with van der Waals surface area (Å²) in [5.41, 5.74) is 2.51. The molecule has 1 aliphatic rings. The second-order valence-electron chi connectivity index (χ2n) is 10.2.